The molecule has 2 aromatic rings. The smallest absolute Gasteiger partial charge is 0.319 e. The van der Waals surface area contributed by atoms with Crippen LogP contribution in [0.2, 0.25) is 0 Å². The van der Waals surface area contributed by atoms with Gasteiger partial charge in [0.05, 0.1) is 12.1 Å². The second kappa shape index (κ2) is 9.65. The Morgan fingerprint density at radius 2 is 1.87 bits per heavy atom. The highest BCUT2D eigenvalue weighted by molar-refractivity contribution is 5.91. The first kappa shape index (κ1) is 21.7. The first-order valence-corrected chi connectivity index (χ1v) is 10.7. The van der Waals surface area contributed by atoms with E-state index in [1.165, 1.54) is 0 Å². The number of aryl methyl sites for hydroxylation is 1. The molecule has 160 valence electrons. The SMILES string of the molecule is CCN(CC)c1ccc(NC(=O)NC2CC(=O)N(C(C)c3ccccc3)C2)c(C)c1. The molecule has 0 aliphatic carbocycles. The van der Waals surface area contributed by atoms with Gasteiger partial charge in [-0.1, -0.05) is 30.3 Å². The van der Waals surface area contributed by atoms with Gasteiger partial charge in [0.1, 0.15) is 0 Å². The maximum atomic E-state index is 12.5. The van der Waals surface area contributed by atoms with Crippen LogP contribution in [-0.4, -0.2) is 42.5 Å². The predicted molar refractivity (Wildman–Crippen MR) is 122 cm³/mol. The van der Waals surface area contributed by atoms with E-state index in [4.69, 9.17) is 0 Å². The van der Waals surface area contributed by atoms with Crippen LogP contribution in [-0.2, 0) is 4.79 Å². The van der Waals surface area contributed by atoms with Crippen LogP contribution in [0.15, 0.2) is 48.5 Å². The lowest BCUT2D eigenvalue weighted by atomic mass is 10.1. The van der Waals surface area contributed by atoms with Crippen LogP contribution in [0.4, 0.5) is 16.2 Å². The Balaban J connectivity index is 1.58. The van der Waals surface area contributed by atoms with Crippen molar-refractivity contribution in [3.8, 4) is 0 Å². The minimum atomic E-state index is -0.277. The molecular weight excluding hydrogens is 376 g/mol. The number of nitrogens with one attached hydrogen (secondary N) is 2. The van der Waals surface area contributed by atoms with E-state index in [1.54, 1.807) is 0 Å². The molecule has 3 amide bonds. The lowest BCUT2D eigenvalue weighted by Gasteiger charge is -2.25. The molecule has 0 bridgehead atoms. The average molecular weight is 409 g/mol. The first-order valence-electron chi connectivity index (χ1n) is 10.7. The molecule has 1 aliphatic heterocycles. The van der Waals surface area contributed by atoms with Crippen molar-refractivity contribution >= 4 is 23.3 Å². The summed E-state index contributed by atoms with van der Waals surface area (Å²) in [5.74, 6) is 0.0661. The Morgan fingerprint density at radius 1 is 1.17 bits per heavy atom. The van der Waals surface area contributed by atoms with Crippen LogP contribution in [0, 0.1) is 6.92 Å². The summed E-state index contributed by atoms with van der Waals surface area (Å²) < 4.78 is 0. The monoisotopic (exact) mass is 408 g/mol. The molecule has 0 spiro atoms. The number of carbonyl (C=O) groups excluding carboxylic acids is 2. The maximum absolute atomic E-state index is 12.5. The van der Waals surface area contributed by atoms with E-state index in [0.29, 0.717) is 13.0 Å². The molecule has 1 aliphatic rings. The molecule has 0 saturated carbocycles. The van der Waals surface area contributed by atoms with Crippen molar-refractivity contribution < 1.29 is 9.59 Å². The summed E-state index contributed by atoms with van der Waals surface area (Å²) in [6.45, 7) is 10.7. The molecule has 1 saturated heterocycles. The number of hydrogen-bond acceptors (Lipinski definition) is 3. The summed E-state index contributed by atoms with van der Waals surface area (Å²) in [6.07, 6.45) is 0.324. The molecule has 2 aromatic carbocycles. The van der Waals surface area contributed by atoms with Gasteiger partial charge in [-0.25, -0.2) is 4.79 Å². The molecule has 1 fully saturated rings. The second-order valence-electron chi connectivity index (χ2n) is 7.80. The molecule has 0 aromatic heterocycles. The fourth-order valence-corrected chi connectivity index (χ4v) is 4.03. The zero-order valence-corrected chi connectivity index (χ0v) is 18.3. The van der Waals surface area contributed by atoms with Crippen molar-refractivity contribution in [3.63, 3.8) is 0 Å². The summed E-state index contributed by atoms with van der Waals surface area (Å²) in [4.78, 5) is 29.1. The standard InChI is InChI=1S/C24H32N4O2/c1-5-27(6-2)21-12-13-22(17(3)14-21)26-24(30)25-20-15-23(29)28(16-20)18(4)19-10-8-7-9-11-19/h7-14,18,20H,5-6,15-16H2,1-4H3,(H2,25,26,30). The number of likely N-dealkylation sites (tertiary alicyclic amines) is 1. The van der Waals surface area contributed by atoms with Gasteiger partial charge in [0, 0.05) is 37.4 Å². The summed E-state index contributed by atoms with van der Waals surface area (Å²) >= 11 is 0. The maximum Gasteiger partial charge on any atom is 0.319 e. The minimum absolute atomic E-state index is 0.0107. The Morgan fingerprint density at radius 3 is 2.50 bits per heavy atom. The third-order valence-electron chi connectivity index (χ3n) is 5.83. The number of amides is 3. The fourth-order valence-electron chi connectivity index (χ4n) is 4.03. The van der Waals surface area contributed by atoms with Gasteiger partial charge in [-0.05, 0) is 57.0 Å². The number of rotatable bonds is 7. The lowest BCUT2D eigenvalue weighted by molar-refractivity contribution is -0.129. The number of urea groups is 1. The van der Waals surface area contributed by atoms with Crippen LogP contribution in [0.3, 0.4) is 0 Å². The zero-order chi connectivity index (χ0) is 21.7. The van der Waals surface area contributed by atoms with E-state index in [2.05, 4.69) is 35.4 Å². The topological polar surface area (TPSA) is 64.7 Å². The van der Waals surface area contributed by atoms with Crippen LogP contribution < -0.4 is 15.5 Å². The normalized spacial score (nSPS) is 17.0. The highest BCUT2D eigenvalue weighted by atomic mass is 16.2. The van der Waals surface area contributed by atoms with E-state index in [1.807, 2.05) is 61.2 Å². The molecule has 3 rings (SSSR count). The van der Waals surface area contributed by atoms with Crippen LogP contribution in [0.25, 0.3) is 0 Å². The van der Waals surface area contributed by atoms with Crippen molar-refractivity contribution in [2.45, 2.75) is 46.2 Å². The Bertz CT molecular complexity index is 880. The van der Waals surface area contributed by atoms with E-state index in [0.717, 1.165) is 35.6 Å². The van der Waals surface area contributed by atoms with Crippen molar-refractivity contribution in [2.75, 3.05) is 29.9 Å². The van der Waals surface area contributed by atoms with Crippen molar-refractivity contribution in [1.82, 2.24) is 10.2 Å². The second-order valence-corrected chi connectivity index (χ2v) is 7.80. The van der Waals surface area contributed by atoms with E-state index < -0.39 is 0 Å². The highest BCUT2D eigenvalue weighted by Gasteiger charge is 2.34. The summed E-state index contributed by atoms with van der Waals surface area (Å²) in [5, 5.41) is 5.89. The van der Waals surface area contributed by atoms with E-state index >= 15 is 0 Å². The Kier molecular flexibility index (Phi) is 6.98. The van der Waals surface area contributed by atoms with E-state index in [9.17, 15) is 9.59 Å². The van der Waals surface area contributed by atoms with Crippen molar-refractivity contribution in [3.05, 3.63) is 59.7 Å². The van der Waals surface area contributed by atoms with Gasteiger partial charge in [-0.15, -0.1) is 0 Å². The highest BCUT2D eigenvalue weighted by Crippen LogP contribution is 2.26. The van der Waals surface area contributed by atoms with Crippen LogP contribution >= 0.6 is 0 Å². The Labute approximate surface area is 179 Å². The quantitative estimate of drug-likeness (QED) is 0.717. The van der Waals surface area contributed by atoms with Gasteiger partial charge >= 0.3 is 6.03 Å². The lowest BCUT2D eigenvalue weighted by Crippen LogP contribution is -2.40. The predicted octanol–water partition coefficient (Wildman–Crippen LogP) is 4.32. The molecule has 0 radical (unpaired) electrons. The molecule has 30 heavy (non-hydrogen) atoms. The summed E-state index contributed by atoms with van der Waals surface area (Å²) in [7, 11) is 0. The first-order chi connectivity index (χ1) is 14.4. The third-order valence-corrected chi connectivity index (χ3v) is 5.83. The summed E-state index contributed by atoms with van der Waals surface area (Å²) in [6, 6.07) is 15.5. The van der Waals surface area contributed by atoms with Gasteiger partial charge in [0.2, 0.25) is 5.91 Å². The molecular formula is C24H32N4O2. The van der Waals surface area contributed by atoms with Gasteiger partial charge in [-0.2, -0.15) is 0 Å². The molecule has 2 N–H and O–H groups in total. The van der Waals surface area contributed by atoms with Crippen LogP contribution in [0.5, 0.6) is 0 Å². The average Bonchev–Trinajstić information content (AvgIpc) is 3.10. The number of anilines is 2. The minimum Gasteiger partial charge on any atom is -0.372 e. The zero-order valence-electron chi connectivity index (χ0n) is 18.3. The van der Waals surface area contributed by atoms with Crippen molar-refractivity contribution in [1.29, 1.82) is 0 Å². The van der Waals surface area contributed by atoms with Gasteiger partial charge in [0.15, 0.2) is 0 Å². The van der Waals surface area contributed by atoms with Gasteiger partial charge in [0.25, 0.3) is 0 Å². The van der Waals surface area contributed by atoms with Gasteiger partial charge in [-0.3, -0.25) is 4.79 Å². The molecule has 1 heterocycles. The van der Waals surface area contributed by atoms with Gasteiger partial charge < -0.3 is 20.4 Å². The molecule has 2 atom stereocenters. The number of carbonyl (C=O) groups is 2. The van der Waals surface area contributed by atoms with Crippen LogP contribution in [0.1, 0.15) is 44.4 Å². The summed E-state index contributed by atoms with van der Waals surface area (Å²) in [5.41, 5.74) is 4.04. The van der Waals surface area contributed by atoms with Crippen molar-refractivity contribution in [2.24, 2.45) is 0 Å². The number of benzene rings is 2. The fraction of sp³-hybridized carbons (Fsp3) is 0.417. The molecule has 6 nitrogen and oxygen atoms in total. The number of nitrogens with zero attached hydrogens (tertiary/aromatic N) is 2. The van der Waals surface area contributed by atoms with E-state index in [-0.39, 0.29) is 24.0 Å². The third kappa shape index (κ3) is 4.93. The Hall–Kier alpha value is -3.02. The molecule has 2 unspecified atom stereocenters. The largest absolute Gasteiger partial charge is 0.372 e. The number of hydrogen-bond donors (Lipinski definition) is 2. The molecule has 6 heteroatoms.